The quantitative estimate of drug-likeness (QED) is 0.862. The molecular formula is C12H16ClNO4S. The maximum Gasteiger partial charge on any atom is 0.244 e. The summed E-state index contributed by atoms with van der Waals surface area (Å²) < 4.78 is 31.9. The van der Waals surface area contributed by atoms with Crippen LogP contribution >= 0.6 is 11.6 Å². The number of hydrogen-bond acceptors (Lipinski definition) is 4. The van der Waals surface area contributed by atoms with E-state index >= 15 is 0 Å². The molecule has 1 aromatic carbocycles. The van der Waals surface area contributed by atoms with Gasteiger partial charge in [-0.3, -0.25) is 0 Å². The predicted octanol–water partition coefficient (Wildman–Crippen LogP) is 1.40. The van der Waals surface area contributed by atoms with Crippen LogP contribution in [0.4, 0.5) is 0 Å². The maximum atomic E-state index is 12.2. The summed E-state index contributed by atoms with van der Waals surface area (Å²) in [4.78, 5) is 0.0688. The molecule has 19 heavy (non-hydrogen) atoms. The molecule has 0 aromatic heterocycles. The van der Waals surface area contributed by atoms with Gasteiger partial charge in [-0.05, 0) is 30.9 Å². The molecule has 1 saturated carbocycles. The van der Waals surface area contributed by atoms with E-state index in [0.29, 0.717) is 24.4 Å². The van der Waals surface area contributed by atoms with E-state index in [-0.39, 0.29) is 22.7 Å². The molecule has 0 atom stereocenters. The van der Waals surface area contributed by atoms with Gasteiger partial charge in [0.05, 0.1) is 13.2 Å². The molecule has 0 radical (unpaired) electrons. The number of rotatable bonds is 5. The van der Waals surface area contributed by atoms with E-state index in [4.69, 9.17) is 21.4 Å². The van der Waals surface area contributed by atoms with Crippen LogP contribution in [0, 0.1) is 5.92 Å². The molecular weight excluding hydrogens is 290 g/mol. The van der Waals surface area contributed by atoms with E-state index in [1.54, 1.807) is 0 Å². The van der Waals surface area contributed by atoms with E-state index in [1.165, 1.54) is 25.3 Å². The average molecular weight is 306 g/mol. The molecule has 106 valence electrons. The number of hydrogen-bond donors (Lipinski definition) is 2. The molecule has 2 rings (SSSR count). The molecule has 0 bridgehead atoms. The summed E-state index contributed by atoms with van der Waals surface area (Å²) in [6.45, 7) is 0.325. The van der Waals surface area contributed by atoms with Crippen molar-refractivity contribution in [2.45, 2.75) is 23.8 Å². The molecule has 2 N–H and O–H groups in total. The third kappa shape index (κ3) is 3.39. The smallest absolute Gasteiger partial charge is 0.244 e. The first-order valence-corrected chi connectivity index (χ1v) is 7.80. The Morgan fingerprint density at radius 2 is 2.16 bits per heavy atom. The third-order valence-corrected chi connectivity index (χ3v) is 4.89. The van der Waals surface area contributed by atoms with Gasteiger partial charge in [0.1, 0.15) is 10.6 Å². The topological polar surface area (TPSA) is 75.6 Å². The first-order chi connectivity index (χ1) is 8.92. The van der Waals surface area contributed by atoms with Crippen molar-refractivity contribution in [3.8, 4) is 5.75 Å². The SMILES string of the molecule is COc1cc(Cl)ccc1S(=O)(=O)NCC1CC(O)C1. The maximum absolute atomic E-state index is 12.2. The second kappa shape index (κ2) is 5.66. The summed E-state index contributed by atoms with van der Waals surface area (Å²) in [5.74, 6) is 0.414. The lowest BCUT2D eigenvalue weighted by Gasteiger charge is -2.31. The Morgan fingerprint density at radius 3 is 2.74 bits per heavy atom. The van der Waals surface area contributed by atoms with Gasteiger partial charge >= 0.3 is 0 Å². The van der Waals surface area contributed by atoms with Crippen LogP contribution in [0.3, 0.4) is 0 Å². The van der Waals surface area contributed by atoms with Crippen LogP contribution in [-0.4, -0.2) is 33.3 Å². The van der Waals surface area contributed by atoms with Gasteiger partial charge in [0.25, 0.3) is 0 Å². The molecule has 0 aliphatic heterocycles. The van der Waals surface area contributed by atoms with Crippen molar-refractivity contribution in [3.63, 3.8) is 0 Å². The van der Waals surface area contributed by atoms with Gasteiger partial charge in [0.2, 0.25) is 10.0 Å². The highest BCUT2D eigenvalue weighted by Gasteiger charge is 2.29. The number of nitrogens with one attached hydrogen (secondary N) is 1. The Bertz CT molecular complexity index is 555. The fraction of sp³-hybridized carbons (Fsp3) is 0.500. The second-order valence-electron chi connectivity index (χ2n) is 4.64. The van der Waals surface area contributed by atoms with Gasteiger partial charge < -0.3 is 9.84 Å². The Morgan fingerprint density at radius 1 is 1.47 bits per heavy atom. The molecule has 7 heteroatoms. The van der Waals surface area contributed by atoms with Gasteiger partial charge in [0.15, 0.2) is 0 Å². The summed E-state index contributed by atoms with van der Waals surface area (Å²) in [6.07, 6.45) is 0.986. The lowest BCUT2D eigenvalue weighted by atomic mass is 9.83. The molecule has 1 aliphatic rings. The van der Waals surface area contributed by atoms with Crippen LogP contribution in [-0.2, 0) is 10.0 Å². The minimum Gasteiger partial charge on any atom is -0.495 e. The van der Waals surface area contributed by atoms with E-state index in [9.17, 15) is 8.42 Å². The van der Waals surface area contributed by atoms with Crippen LogP contribution in [0.5, 0.6) is 5.75 Å². The molecule has 1 aromatic rings. The molecule has 5 nitrogen and oxygen atoms in total. The Labute approximate surface area is 117 Å². The van der Waals surface area contributed by atoms with Crippen LogP contribution in [0.15, 0.2) is 23.1 Å². The van der Waals surface area contributed by atoms with Gasteiger partial charge in [-0.1, -0.05) is 11.6 Å². The molecule has 0 spiro atoms. The van der Waals surface area contributed by atoms with E-state index in [1.807, 2.05) is 0 Å². The zero-order valence-corrected chi connectivity index (χ0v) is 12.0. The summed E-state index contributed by atoms with van der Waals surface area (Å²) in [5, 5.41) is 9.58. The van der Waals surface area contributed by atoms with Crippen LogP contribution in [0.1, 0.15) is 12.8 Å². The highest BCUT2D eigenvalue weighted by molar-refractivity contribution is 7.89. The lowest BCUT2D eigenvalue weighted by Crippen LogP contribution is -2.38. The van der Waals surface area contributed by atoms with E-state index in [0.717, 1.165) is 0 Å². The Balaban J connectivity index is 2.10. The van der Waals surface area contributed by atoms with Crippen LogP contribution in [0.25, 0.3) is 0 Å². The van der Waals surface area contributed by atoms with Crippen LogP contribution in [0.2, 0.25) is 5.02 Å². The van der Waals surface area contributed by atoms with Crippen molar-refractivity contribution in [1.29, 1.82) is 0 Å². The first-order valence-electron chi connectivity index (χ1n) is 5.93. The third-order valence-electron chi connectivity index (χ3n) is 3.19. The zero-order valence-electron chi connectivity index (χ0n) is 10.5. The highest BCUT2D eigenvalue weighted by atomic mass is 35.5. The number of methoxy groups -OCH3 is 1. The molecule has 0 unspecified atom stereocenters. The van der Waals surface area contributed by atoms with Gasteiger partial charge in [-0.25, -0.2) is 13.1 Å². The monoisotopic (exact) mass is 305 g/mol. The summed E-state index contributed by atoms with van der Waals surface area (Å²) >= 11 is 5.80. The fourth-order valence-electron chi connectivity index (χ4n) is 2.04. The summed E-state index contributed by atoms with van der Waals surface area (Å²) in [7, 11) is -2.23. The minimum absolute atomic E-state index is 0.0688. The number of sulfonamides is 1. The normalized spacial score (nSPS) is 22.9. The zero-order chi connectivity index (χ0) is 14.0. The standard InChI is InChI=1S/C12H16ClNO4S/c1-18-11-6-9(13)2-3-12(11)19(16,17)14-7-8-4-10(15)5-8/h2-3,6,8,10,14-15H,4-5,7H2,1H3. The number of aliphatic hydroxyl groups is 1. The number of benzene rings is 1. The molecule has 1 aliphatic carbocycles. The summed E-state index contributed by atoms with van der Waals surface area (Å²) in [6, 6.07) is 4.38. The van der Waals surface area contributed by atoms with E-state index in [2.05, 4.69) is 4.72 Å². The summed E-state index contributed by atoms with van der Waals surface area (Å²) in [5.41, 5.74) is 0. The van der Waals surface area contributed by atoms with Crippen molar-refractivity contribution < 1.29 is 18.3 Å². The van der Waals surface area contributed by atoms with Crippen molar-refractivity contribution >= 4 is 21.6 Å². The number of halogens is 1. The van der Waals surface area contributed by atoms with Crippen molar-refractivity contribution in [3.05, 3.63) is 23.2 Å². The minimum atomic E-state index is -3.62. The van der Waals surface area contributed by atoms with Crippen molar-refractivity contribution in [1.82, 2.24) is 4.72 Å². The van der Waals surface area contributed by atoms with Crippen LogP contribution < -0.4 is 9.46 Å². The van der Waals surface area contributed by atoms with Gasteiger partial charge in [-0.15, -0.1) is 0 Å². The lowest BCUT2D eigenvalue weighted by molar-refractivity contribution is 0.0453. The number of ether oxygens (including phenoxy) is 1. The Hall–Kier alpha value is -0.820. The van der Waals surface area contributed by atoms with Crippen molar-refractivity contribution in [2.75, 3.05) is 13.7 Å². The van der Waals surface area contributed by atoms with Gasteiger partial charge in [0, 0.05) is 17.6 Å². The molecule has 0 heterocycles. The first kappa shape index (κ1) is 14.6. The van der Waals surface area contributed by atoms with E-state index < -0.39 is 10.0 Å². The van der Waals surface area contributed by atoms with Crippen molar-refractivity contribution in [2.24, 2.45) is 5.92 Å². The molecule has 1 fully saturated rings. The Kier molecular flexibility index (Phi) is 4.35. The molecule has 0 saturated heterocycles. The fourth-order valence-corrected chi connectivity index (χ4v) is 3.46. The number of aliphatic hydroxyl groups excluding tert-OH is 1. The second-order valence-corrected chi connectivity index (χ2v) is 6.81. The highest BCUT2D eigenvalue weighted by Crippen LogP contribution is 2.29. The largest absolute Gasteiger partial charge is 0.495 e. The predicted molar refractivity (Wildman–Crippen MR) is 71.9 cm³/mol. The molecule has 0 amide bonds. The van der Waals surface area contributed by atoms with Gasteiger partial charge in [-0.2, -0.15) is 0 Å². The average Bonchev–Trinajstić information content (AvgIpc) is 2.32.